The van der Waals surface area contributed by atoms with E-state index in [-0.39, 0.29) is 18.2 Å². The molecule has 1 fully saturated rings. The van der Waals surface area contributed by atoms with Crippen LogP contribution in [0.4, 0.5) is 27.1 Å². The van der Waals surface area contributed by atoms with Crippen LogP contribution in [0, 0.1) is 0 Å². The summed E-state index contributed by atoms with van der Waals surface area (Å²) in [6, 6.07) is 10.7. The highest BCUT2D eigenvalue weighted by atomic mass is 32.2. The molecule has 0 bridgehead atoms. The summed E-state index contributed by atoms with van der Waals surface area (Å²) in [5, 5.41) is 8.68. The van der Waals surface area contributed by atoms with E-state index in [1.807, 2.05) is 11.4 Å². The van der Waals surface area contributed by atoms with Crippen LogP contribution in [-0.2, 0) is 9.59 Å². The minimum Gasteiger partial charge on any atom is -0.493 e. The van der Waals surface area contributed by atoms with Gasteiger partial charge in [-0.15, -0.1) is 11.3 Å². The molecule has 4 aromatic rings. The van der Waals surface area contributed by atoms with E-state index in [4.69, 9.17) is 24.9 Å². The number of nitrogens with one attached hydrogen (secondary N) is 2. The molecule has 1 aliphatic rings. The zero-order valence-electron chi connectivity index (χ0n) is 22.0. The molecule has 12 nitrogen and oxygen atoms in total. The fourth-order valence-electron chi connectivity index (χ4n) is 3.96. The van der Waals surface area contributed by atoms with Crippen molar-refractivity contribution in [3.8, 4) is 38.4 Å². The number of nitrogen functional groups attached to an aromatic ring is 1. The van der Waals surface area contributed by atoms with Gasteiger partial charge in [0.15, 0.2) is 16.6 Å². The van der Waals surface area contributed by atoms with Gasteiger partial charge in [0.25, 0.3) is 5.24 Å². The van der Waals surface area contributed by atoms with Crippen molar-refractivity contribution in [1.29, 1.82) is 0 Å². The van der Waals surface area contributed by atoms with Crippen molar-refractivity contribution in [1.82, 2.24) is 14.9 Å². The van der Waals surface area contributed by atoms with Crippen LogP contribution in [0.25, 0.3) is 21.1 Å². The van der Waals surface area contributed by atoms with Gasteiger partial charge in [0.05, 0.1) is 32.8 Å². The Morgan fingerprint density at radius 2 is 1.80 bits per heavy atom. The summed E-state index contributed by atoms with van der Waals surface area (Å²) in [4.78, 5) is 46.9. The topological polar surface area (TPSA) is 158 Å². The van der Waals surface area contributed by atoms with Crippen molar-refractivity contribution in [2.45, 2.75) is 0 Å². The summed E-state index contributed by atoms with van der Waals surface area (Å²) in [6.45, 7) is -0.327. The molecule has 41 heavy (non-hydrogen) atoms. The molecular weight excluding hydrogens is 589 g/mol. The predicted molar refractivity (Wildman–Crippen MR) is 161 cm³/mol. The molecule has 0 saturated carbocycles. The average molecular weight is 613 g/mol. The number of hydrogen-bond acceptors (Lipinski definition) is 13. The summed E-state index contributed by atoms with van der Waals surface area (Å²) in [6.07, 6.45) is 0. The number of carbonyl (C=O) groups excluding carboxylic acids is 3. The summed E-state index contributed by atoms with van der Waals surface area (Å²) >= 11 is 3.65. The highest BCUT2D eigenvalue weighted by molar-refractivity contribution is 8.14. The second-order valence-corrected chi connectivity index (χ2v) is 11.3. The Hall–Kier alpha value is -4.34. The number of carbonyl (C=O) groups is 3. The molecule has 5 rings (SSSR count). The van der Waals surface area contributed by atoms with Crippen LogP contribution in [0.5, 0.6) is 17.2 Å². The highest BCUT2D eigenvalue weighted by Gasteiger charge is 2.31. The van der Waals surface area contributed by atoms with E-state index in [1.54, 1.807) is 44.6 Å². The minimum atomic E-state index is -0.463. The van der Waals surface area contributed by atoms with Crippen LogP contribution in [-0.4, -0.2) is 65.5 Å². The van der Waals surface area contributed by atoms with Gasteiger partial charge in [-0.1, -0.05) is 35.2 Å². The van der Waals surface area contributed by atoms with Gasteiger partial charge in [-0.2, -0.15) is 0 Å². The van der Waals surface area contributed by atoms with Crippen molar-refractivity contribution in [3.05, 3.63) is 41.8 Å². The lowest BCUT2D eigenvalue weighted by molar-refractivity contribution is -0.128. The second-order valence-electron chi connectivity index (χ2n) is 8.47. The van der Waals surface area contributed by atoms with Gasteiger partial charge in [-0.3, -0.25) is 19.3 Å². The van der Waals surface area contributed by atoms with Crippen molar-refractivity contribution in [2.24, 2.45) is 0 Å². The standard InChI is InChI=1S/C26H24N6O6S3/c1-36-17-8-15(9-18(37-2)21(17)38-3)29-25-31-23(27)22(41-25)24-30-16(11-39-24)13-5-4-6-14(7-13)28-19(33)10-32-20(34)12-40-26(32)35/h4-9,11H,10,12,27H2,1-3H3,(H,28,33)(H,29,31). The van der Waals surface area contributed by atoms with Gasteiger partial charge in [-0.25, -0.2) is 9.97 Å². The molecule has 1 saturated heterocycles. The van der Waals surface area contributed by atoms with Gasteiger partial charge < -0.3 is 30.6 Å². The highest BCUT2D eigenvalue weighted by Crippen LogP contribution is 2.43. The van der Waals surface area contributed by atoms with Gasteiger partial charge in [-0.05, 0) is 12.1 Å². The van der Waals surface area contributed by atoms with E-state index in [1.165, 1.54) is 29.8 Å². The number of anilines is 4. The molecule has 0 spiro atoms. The molecule has 212 valence electrons. The average Bonchev–Trinajstić information content (AvgIpc) is 3.68. The zero-order chi connectivity index (χ0) is 29.1. The molecule has 0 radical (unpaired) electrons. The molecule has 0 atom stereocenters. The number of benzene rings is 2. The van der Waals surface area contributed by atoms with Crippen LogP contribution in [0.3, 0.4) is 0 Å². The number of hydrogen-bond donors (Lipinski definition) is 3. The molecule has 3 amide bonds. The lowest BCUT2D eigenvalue weighted by Crippen LogP contribution is -2.36. The van der Waals surface area contributed by atoms with E-state index in [0.29, 0.717) is 55.2 Å². The first-order chi connectivity index (χ1) is 19.8. The van der Waals surface area contributed by atoms with Crippen molar-refractivity contribution < 1.29 is 28.6 Å². The number of aromatic nitrogens is 2. The van der Waals surface area contributed by atoms with Gasteiger partial charge in [0.2, 0.25) is 17.6 Å². The number of thioether (sulfide) groups is 1. The Bertz CT molecular complexity index is 1600. The number of nitrogens with zero attached hydrogens (tertiary/aromatic N) is 3. The van der Waals surface area contributed by atoms with Crippen molar-refractivity contribution in [2.75, 3.05) is 50.0 Å². The minimum absolute atomic E-state index is 0.0561. The third-order valence-electron chi connectivity index (χ3n) is 5.85. The maximum atomic E-state index is 12.4. The zero-order valence-corrected chi connectivity index (χ0v) is 24.5. The molecule has 4 N–H and O–H groups in total. The van der Waals surface area contributed by atoms with Crippen molar-refractivity contribution >= 4 is 73.8 Å². The molecule has 3 heterocycles. The number of amides is 3. The number of thiazole rings is 2. The van der Waals surface area contributed by atoms with Crippen LogP contribution >= 0.6 is 34.4 Å². The summed E-state index contributed by atoms with van der Waals surface area (Å²) < 4.78 is 16.2. The van der Waals surface area contributed by atoms with Crippen molar-refractivity contribution in [3.63, 3.8) is 0 Å². The molecule has 15 heteroatoms. The van der Waals surface area contributed by atoms with E-state index in [9.17, 15) is 14.4 Å². The fourth-order valence-corrected chi connectivity index (χ4v) is 6.52. The first-order valence-electron chi connectivity index (χ1n) is 12.0. The van der Waals surface area contributed by atoms with E-state index in [2.05, 4.69) is 15.6 Å². The molecule has 2 aromatic heterocycles. The number of nitrogens with two attached hydrogens (primary N) is 1. The summed E-state index contributed by atoms with van der Waals surface area (Å²) in [7, 11) is 4.63. The number of ether oxygens (including phenoxy) is 3. The monoisotopic (exact) mass is 612 g/mol. The van der Waals surface area contributed by atoms with Gasteiger partial charge in [0.1, 0.15) is 22.2 Å². The Balaban J connectivity index is 1.31. The predicted octanol–water partition coefficient (Wildman–Crippen LogP) is 4.92. The normalized spacial score (nSPS) is 12.9. The third-order valence-corrected chi connectivity index (χ3v) is 8.69. The smallest absolute Gasteiger partial charge is 0.289 e. The van der Waals surface area contributed by atoms with Crippen LogP contribution < -0.4 is 30.6 Å². The SMILES string of the molecule is COc1cc(Nc2nc(N)c(-c3nc(-c4cccc(NC(=O)CN5C(=O)CSC5=O)c4)cs3)s2)cc(OC)c1OC. The summed E-state index contributed by atoms with van der Waals surface area (Å²) in [5.41, 5.74) is 8.91. The van der Waals surface area contributed by atoms with E-state index < -0.39 is 11.1 Å². The third kappa shape index (κ3) is 6.06. The Morgan fingerprint density at radius 1 is 1.05 bits per heavy atom. The second kappa shape index (κ2) is 12.0. The first-order valence-corrected chi connectivity index (χ1v) is 14.6. The maximum absolute atomic E-state index is 12.4. The quantitative estimate of drug-likeness (QED) is 0.223. The lowest BCUT2D eigenvalue weighted by Gasteiger charge is -2.14. The Kier molecular flexibility index (Phi) is 8.28. The number of rotatable bonds is 10. The first kappa shape index (κ1) is 28.2. The number of methoxy groups -OCH3 is 3. The Morgan fingerprint density at radius 3 is 2.46 bits per heavy atom. The molecule has 0 aliphatic carbocycles. The van der Waals surface area contributed by atoms with Crippen LogP contribution in [0.1, 0.15) is 0 Å². The van der Waals surface area contributed by atoms with E-state index >= 15 is 0 Å². The number of imide groups is 1. The van der Waals surface area contributed by atoms with Gasteiger partial charge in [0, 0.05) is 34.5 Å². The largest absolute Gasteiger partial charge is 0.493 e. The summed E-state index contributed by atoms with van der Waals surface area (Å²) in [5.74, 6) is 1.03. The van der Waals surface area contributed by atoms with Gasteiger partial charge >= 0.3 is 0 Å². The maximum Gasteiger partial charge on any atom is 0.289 e. The Labute approximate surface area is 246 Å². The lowest BCUT2D eigenvalue weighted by atomic mass is 10.1. The molecular formula is C26H24N6O6S3. The molecule has 0 unspecified atom stereocenters. The molecule has 2 aromatic carbocycles. The molecule has 1 aliphatic heterocycles. The van der Waals surface area contributed by atoms with E-state index in [0.717, 1.165) is 22.2 Å². The fraction of sp³-hybridized carbons (Fsp3) is 0.192. The van der Waals surface area contributed by atoms with Crippen LogP contribution in [0.15, 0.2) is 41.8 Å². The van der Waals surface area contributed by atoms with Crippen LogP contribution in [0.2, 0.25) is 0 Å².